The number of rotatable bonds is 3. The second kappa shape index (κ2) is 8.32. The largest absolute Gasteiger partial charge is 0.351 e. The van der Waals surface area contributed by atoms with Crippen LogP contribution in [-0.2, 0) is 0 Å². The third-order valence-corrected chi connectivity index (χ3v) is 7.26. The van der Waals surface area contributed by atoms with E-state index in [1.807, 2.05) is 42.2 Å². The van der Waals surface area contributed by atoms with Gasteiger partial charge in [0.1, 0.15) is 12.1 Å². The number of piperazine rings is 1. The fourth-order valence-electron chi connectivity index (χ4n) is 3.87. The molecule has 30 heavy (non-hydrogen) atoms. The van der Waals surface area contributed by atoms with Gasteiger partial charge in [0.15, 0.2) is 0 Å². The van der Waals surface area contributed by atoms with E-state index in [1.54, 1.807) is 17.7 Å². The molecule has 4 rings (SSSR count). The summed E-state index contributed by atoms with van der Waals surface area (Å²) in [5.74, 6) is 0.927. The number of nitrogens with one attached hydrogen (secondary N) is 1. The van der Waals surface area contributed by atoms with Gasteiger partial charge in [-0.2, -0.15) is 0 Å². The van der Waals surface area contributed by atoms with Crippen LogP contribution < -0.4 is 10.2 Å². The van der Waals surface area contributed by atoms with E-state index in [0.29, 0.717) is 24.7 Å². The number of hydrogen-bond acceptors (Lipinski definition) is 5. The van der Waals surface area contributed by atoms with Crippen LogP contribution in [0.4, 0.5) is 10.6 Å². The Hall–Kier alpha value is -1.90. The Kier molecular flexibility index (Phi) is 5.92. The van der Waals surface area contributed by atoms with Crippen LogP contribution in [0.3, 0.4) is 0 Å². The molecule has 1 unspecified atom stereocenters. The van der Waals surface area contributed by atoms with Gasteiger partial charge in [0, 0.05) is 24.7 Å². The maximum absolute atomic E-state index is 13.1. The van der Waals surface area contributed by atoms with Crippen molar-refractivity contribution in [3.8, 4) is 0 Å². The number of nitrogens with zero attached hydrogens (tertiary/aromatic N) is 4. The molecule has 3 heterocycles. The number of carbonyl (C=O) groups excluding carboxylic acids is 1. The van der Waals surface area contributed by atoms with Crippen LogP contribution in [0.15, 0.2) is 40.4 Å². The molecule has 9 heteroatoms. The van der Waals surface area contributed by atoms with E-state index in [-0.39, 0.29) is 17.6 Å². The fourth-order valence-corrected chi connectivity index (χ4v) is 5.63. The van der Waals surface area contributed by atoms with Crippen LogP contribution in [0, 0.1) is 0 Å². The monoisotopic (exact) mass is 507 g/mol. The number of halogens is 2. The van der Waals surface area contributed by atoms with E-state index in [1.165, 1.54) is 0 Å². The second-order valence-electron chi connectivity index (χ2n) is 8.07. The summed E-state index contributed by atoms with van der Waals surface area (Å²) in [5.41, 5.74) is 1.56. The first-order valence-corrected chi connectivity index (χ1v) is 11.7. The van der Waals surface area contributed by atoms with Gasteiger partial charge in [0.25, 0.3) is 0 Å². The van der Waals surface area contributed by atoms with Crippen molar-refractivity contribution in [2.45, 2.75) is 32.4 Å². The Morgan fingerprint density at radius 3 is 2.83 bits per heavy atom. The molecule has 158 valence electrons. The highest BCUT2D eigenvalue weighted by molar-refractivity contribution is 9.11. The highest BCUT2D eigenvalue weighted by Gasteiger charge is 2.38. The molecule has 2 aromatic heterocycles. The van der Waals surface area contributed by atoms with Crippen molar-refractivity contribution < 1.29 is 4.79 Å². The molecule has 3 aromatic rings. The molecule has 1 fully saturated rings. The number of thiophene rings is 1. The Morgan fingerprint density at radius 2 is 2.10 bits per heavy atom. The fraction of sp³-hybridized carbons (Fsp3) is 0.381. The minimum Gasteiger partial charge on any atom is -0.351 e. The quantitative estimate of drug-likeness (QED) is 0.509. The van der Waals surface area contributed by atoms with Gasteiger partial charge in [0.05, 0.1) is 25.6 Å². The summed E-state index contributed by atoms with van der Waals surface area (Å²) in [5, 5.41) is 3.78. The van der Waals surface area contributed by atoms with Crippen molar-refractivity contribution >= 4 is 60.9 Å². The first kappa shape index (κ1) is 21.3. The molecule has 1 aliphatic rings. The predicted octanol–water partition coefficient (Wildman–Crippen LogP) is 5.48. The molecule has 0 spiro atoms. The van der Waals surface area contributed by atoms with Gasteiger partial charge in [-0.1, -0.05) is 23.7 Å². The molecule has 1 aliphatic heterocycles. The summed E-state index contributed by atoms with van der Waals surface area (Å²) in [7, 11) is 0. The molecule has 2 amide bonds. The number of fused-ring (bicyclic) bond motifs is 1. The first-order valence-electron chi connectivity index (χ1n) is 9.73. The molecular formula is C21H23BrClN5OS. The smallest absolute Gasteiger partial charge is 0.318 e. The van der Waals surface area contributed by atoms with Crippen LogP contribution >= 0.6 is 38.9 Å². The summed E-state index contributed by atoms with van der Waals surface area (Å²) < 4.78 is 2.10. The molecule has 0 bridgehead atoms. The summed E-state index contributed by atoms with van der Waals surface area (Å²) in [4.78, 5) is 26.1. The van der Waals surface area contributed by atoms with Crippen LogP contribution in [0.25, 0.3) is 10.2 Å². The summed E-state index contributed by atoms with van der Waals surface area (Å²) in [6.45, 7) is 8.16. The van der Waals surface area contributed by atoms with Crippen molar-refractivity contribution in [1.29, 1.82) is 0 Å². The van der Waals surface area contributed by atoms with E-state index >= 15 is 0 Å². The third-order valence-electron chi connectivity index (χ3n) is 5.40. The van der Waals surface area contributed by atoms with Crippen LogP contribution in [0.1, 0.15) is 32.4 Å². The number of aromatic nitrogens is 2. The van der Waals surface area contributed by atoms with Crippen LogP contribution in [0.5, 0.6) is 0 Å². The van der Waals surface area contributed by atoms with E-state index in [0.717, 1.165) is 25.4 Å². The number of hydrogen-bond donors (Lipinski definition) is 1. The Bertz CT molecular complexity index is 1090. The third kappa shape index (κ3) is 4.26. The van der Waals surface area contributed by atoms with Crippen molar-refractivity contribution in [3.05, 3.63) is 51.0 Å². The molecule has 1 atom stereocenters. The SMILES string of the molecule is CC(NC(=O)N1CCN(c2ncnc3cc(Br)sc23)CC1(C)C)c1cccc(Cl)c1. The molecule has 0 aliphatic carbocycles. The lowest BCUT2D eigenvalue weighted by Crippen LogP contribution is -2.63. The average Bonchev–Trinajstić information content (AvgIpc) is 3.07. The van der Waals surface area contributed by atoms with Gasteiger partial charge in [-0.15, -0.1) is 11.3 Å². The maximum Gasteiger partial charge on any atom is 0.318 e. The minimum atomic E-state index is -0.359. The standard InChI is InChI=1S/C21H23BrClN5OS/c1-13(14-5-4-6-15(23)9-14)26-20(29)28-8-7-27(11-21(28,2)3)19-18-16(24-12-25-19)10-17(22)30-18/h4-6,9-10,12-13H,7-8,11H2,1-3H3,(H,26,29). The number of amides is 2. The Morgan fingerprint density at radius 1 is 1.30 bits per heavy atom. The molecule has 6 nitrogen and oxygen atoms in total. The number of urea groups is 1. The second-order valence-corrected chi connectivity index (χ2v) is 10.9. The molecule has 1 saturated heterocycles. The maximum atomic E-state index is 13.1. The highest BCUT2D eigenvalue weighted by atomic mass is 79.9. The van der Waals surface area contributed by atoms with Gasteiger partial charge in [-0.05, 0) is 60.5 Å². The summed E-state index contributed by atoms with van der Waals surface area (Å²) in [6, 6.07) is 9.40. The topological polar surface area (TPSA) is 61.4 Å². The normalized spacial score (nSPS) is 17.2. The average molecular weight is 509 g/mol. The Balaban J connectivity index is 1.49. The minimum absolute atomic E-state index is 0.0705. The summed E-state index contributed by atoms with van der Waals surface area (Å²) >= 11 is 11.3. The zero-order valence-corrected chi connectivity index (χ0v) is 20.2. The molecule has 0 saturated carbocycles. The van der Waals surface area contributed by atoms with Gasteiger partial charge in [-0.3, -0.25) is 0 Å². The molecular weight excluding hydrogens is 486 g/mol. The van der Waals surface area contributed by atoms with Gasteiger partial charge < -0.3 is 15.1 Å². The zero-order valence-electron chi connectivity index (χ0n) is 17.0. The van der Waals surface area contributed by atoms with E-state index < -0.39 is 0 Å². The molecule has 1 N–H and O–H groups in total. The zero-order chi connectivity index (χ0) is 21.5. The number of anilines is 1. The number of carbonyl (C=O) groups is 1. The number of benzene rings is 1. The Labute approximate surface area is 193 Å². The first-order chi connectivity index (χ1) is 14.2. The van der Waals surface area contributed by atoms with Gasteiger partial charge in [-0.25, -0.2) is 14.8 Å². The van der Waals surface area contributed by atoms with E-state index in [9.17, 15) is 4.79 Å². The van der Waals surface area contributed by atoms with Crippen LogP contribution in [0.2, 0.25) is 5.02 Å². The predicted molar refractivity (Wildman–Crippen MR) is 127 cm³/mol. The van der Waals surface area contributed by atoms with Crippen molar-refractivity contribution in [1.82, 2.24) is 20.2 Å². The molecule has 1 aromatic carbocycles. The highest BCUT2D eigenvalue weighted by Crippen LogP contribution is 2.36. The van der Waals surface area contributed by atoms with Gasteiger partial charge >= 0.3 is 6.03 Å². The van der Waals surface area contributed by atoms with Crippen LogP contribution in [-0.4, -0.2) is 46.1 Å². The summed E-state index contributed by atoms with van der Waals surface area (Å²) in [6.07, 6.45) is 1.61. The van der Waals surface area contributed by atoms with E-state index in [4.69, 9.17) is 11.6 Å². The van der Waals surface area contributed by atoms with Crippen molar-refractivity contribution in [3.63, 3.8) is 0 Å². The lowest BCUT2D eigenvalue weighted by molar-refractivity contribution is 0.121. The van der Waals surface area contributed by atoms with Gasteiger partial charge in [0.2, 0.25) is 0 Å². The lowest BCUT2D eigenvalue weighted by atomic mass is 9.99. The van der Waals surface area contributed by atoms with E-state index in [2.05, 4.69) is 50.0 Å². The van der Waals surface area contributed by atoms with Crippen molar-refractivity contribution in [2.75, 3.05) is 24.5 Å². The molecule has 0 radical (unpaired) electrons. The van der Waals surface area contributed by atoms with Crippen molar-refractivity contribution in [2.24, 2.45) is 0 Å². The lowest BCUT2D eigenvalue weighted by Gasteiger charge is -2.47.